The maximum absolute atomic E-state index is 4.71. The number of nitrogens with one attached hydrogen (secondary N) is 1. The molecule has 1 unspecified atom stereocenters. The van der Waals surface area contributed by atoms with E-state index in [-0.39, 0.29) is 0 Å². The summed E-state index contributed by atoms with van der Waals surface area (Å²) in [7, 11) is 0. The van der Waals surface area contributed by atoms with Crippen molar-refractivity contribution in [3.63, 3.8) is 0 Å². The summed E-state index contributed by atoms with van der Waals surface area (Å²) in [6.07, 6.45) is 4.85. The van der Waals surface area contributed by atoms with Crippen molar-refractivity contribution in [2.24, 2.45) is 0 Å². The van der Waals surface area contributed by atoms with Gasteiger partial charge in [0.25, 0.3) is 0 Å². The summed E-state index contributed by atoms with van der Waals surface area (Å²) in [6.45, 7) is 7.45. The van der Waals surface area contributed by atoms with E-state index in [4.69, 9.17) is 4.98 Å². The quantitative estimate of drug-likeness (QED) is 0.894. The largest absolute Gasteiger partial charge is 0.309 e. The molecule has 2 rings (SSSR count). The zero-order valence-corrected chi connectivity index (χ0v) is 11.9. The number of nitrogens with zero attached hydrogens (tertiary/aromatic N) is 2. The topological polar surface area (TPSA) is 37.8 Å². The van der Waals surface area contributed by atoms with E-state index in [0.29, 0.717) is 6.04 Å². The Bertz CT molecular complexity index is 507. The molecule has 0 saturated heterocycles. The minimum Gasteiger partial charge on any atom is -0.309 e. The van der Waals surface area contributed by atoms with Crippen LogP contribution in [0.1, 0.15) is 37.6 Å². The summed E-state index contributed by atoms with van der Waals surface area (Å²) in [5, 5.41) is 6.65. The Balaban J connectivity index is 2.18. The maximum Gasteiger partial charge on any atom is 0.125 e. The minimum absolute atomic E-state index is 0.312. The van der Waals surface area contributed by atoms with Crippen molar-refractivity contribution in [3.8, 4) is 10.6 Å². The molecule has 2 aromatic heterocycles. The average molecular weight is 261 g/mol. The van der Waals surface area contributed by atoms with E-state index in [2.05, 4.69) is 36.5 Å². The van der Waals surface area contributed by atoms with Crippen LogP contribution in [-0.2, 0) is 0 Å². The van der Waals surface area contributed by atoms with Crippen molar-refractivity contribution >= 4 is 11.3 Å². The van der Waals surface area contributed by atoms with Gasteiger partial charge in [0.1, 0.15) is 5.01 Å². The van der Waals surface area contributed by atoms with Gasteiger partial charge in [0, 0.05) is 29.4 Å². The van der Waals surface area contributed by atoms with E-state index >= 15 is 0 Å². The number of thiazole rings is 1. The molecule has 0 aliphatic heterocycles. The van der Waals surface area contributed by atoms with Gasteiger partial charge in [-0.3, -0.25) is 4.98 Å². The van der Waals surface area contributed by atoms with E-state index in [0.717, 1.165) is 29.2 Å². The smallest absolute Gasteiger partial charge is 0.125 e. The first-order valence-corrected chi connectivity index (χ1v) is 7.20. The van der Waals surface area contributed by atoms with E-state index in [1.165, 1.54) is 5.56 Å². The fourth-order valence-corrected chi connectivity index (χ4v) is 2.75. The molecule has 4 heteroatoms. The summed E-state index contributed by atoms with van der Waals surface area (Å²) in [5.74, 6) is 0. The SMILES string of the molecule is CCCNC(C)c1csc(-c2cnccc2C)n1. The summed E-state index contributed by atoms with van der Waals surface area (Å²) < 4.78 is 0. The van der Waals surface area contributed by atoms with Crippen LogP contribution in [0, 0.1) is 6.92 Å². The molecule has 0 aromatic carbocycles. The van der Waals surface area contributed by atoms with Gasteiger partial charge in [-0.25, -0.2) is 4.98 Å². The summed E-state index contributed by atoms with van der Waals surface area (Å²) >= 11 is 1.69. The molecule has 2 heterocycles. The molecule has 0 aliphatic rings. The Hall–Kier alpha value is -1.26. The molecule has 0 radical (unpaired) electrons. The van der Waals surface area contributed by atoms with Crippen LogP contribution >= 0.6 is 11.3 Å². The van der Waals surface area contributed by atoms with Crippen LogP contribution in [0.15, 0.2) is 23.8 Å². The molecule has 0 fully saturated rings. The van der Waals surface area contributed by atoms with Gasteiger partial charge < -0.3 is 5.32 Å². The third-order valence-corrected chi connectivity index (χ3v) is 3.83. The normalized spacial score (nSPS) is 12.6. The van der Waals surface area contributed by atoms with E-state index in [1.807, 2.05) is 18.5 Å². The maximum atomic E-state index is 4.71. The number of hydrogen-bond acceptors (Lipinski definition) is 4. The molecule has 96 valence electrons. The van der Waals surface area contributed by atoms with Crippen LogP contribution in [0.3, 0.4) is 0 Å². The van der Waals surface area contributed by atoms with Crippen LogP contribution in [0.25, 0.3) is 10.6 Å². The number of hydrogen-bond donors (Lipinski definition) is 1. The van der Waals surface area contributed by atoms with E-state index < -0.39 is 0 Å². The van der Waals surface area contributed by atoms with Crippen LogP contribution in [0.5, 0.6) is 0 Å². The molecule has 2 aromatic rings. The highest BCUT2D eigenvalue weighted by molar-refractivity contribution is 7.13. The lowest BCUT2D eigenvalue weighted by atomic mass is 10.2. The molecule has 18 heavy (non-hydrogen) atoms. The second-order valence-corrected chi connectivity index (χ2v) is 5.30. The lowest BCUT2D eigenvalue weighted by Gasteiger charge is -2.09. The van der Waals surface area contributed by atoms with Crippen LogP contribution in [0.2, 0.25) is 0 Å². The monoisotopic (exact) mass is 261 g/mol. The summed E-state index contributed by atoms with van der Waals surface area (Å²) in [6, 6.07) is 2.33. The van der Waals surface area contributed by atoms with Gasteiger partial charge in [0.2, 0.25) is 0 Å². The Morgan fingerprint density at radius 3 is 3.00 bits per heavy atom. The molecule has 0 bridgehead atoms. The third-order valence-electron chi connectivity index (χ3n) is 2.94. The highest BCUT2D eigenvalue weighted by atomic mass is 32.1. The van der Waals surface area contributed by atoms with Crippen molar-refractivity contribution in [1.29, 1.82) is 0 Å². The fraction of sp³-hybridized carbons (Fsp3) is 0.429. The van der Waals surface area contributed by atoms with Gasteiger partial charge in [-0.15, -0.1) is 11.3 Å². The second-order valence-electron chi connectivity index (χ2n) is 4.44. The summed E-state index contributed by atoms with van der Waals surface area (Å²) in [5.41, 5.74) is 3.48. The Labute approximate surface area is 112 Å². The first-order valence-electron chi connectivity index (χ1n) is 6.32. The first-order chi connectivity index (χ1) is 8.72. The molecular formula is C14H19N3S. The van der Waals surface area contributed by atoms with Gasteiger partial charge in [0.15, 0.2) is 0 Å². The first kappa shape index (κ1) is 13.2. The van der Waals surface area contributed by atoms with Gasteiger partial charge in [-0.2, -0.15) is 0 Å². The minimum atomic E-state index is 0.312. The molecule has 0 spiro atoms. The zero-order valence-electron chi connectivity index (χ0n) is 11.1. The molecular weight excluding hydrogens is 242 g/mol. The molecule has 3 nitrogen and oxygen atoms in total. The average Bonchev–Trinajstić information content (AvgIpc) is 2.86. The highest BCUT2D eigenvalue weighted by Gasteiger charge is 2.11. The molecule has 1 atom stereocenters. The predicted molar refractivity (Wildman–Crippen MR) is 76.8 cm³/mol. The highest BCUT2D eigenvalue weighted by Crippen LogP contribution is 2.27. The van der Waals surface area contributed by atoms with Gasteiger partial charge >= 0.3 is 0 Å². The van der Waals surface area contributed by atoms with Gasteiger partial charge in [-0.05, 0) is 38.4 Å². The van der Waals surface area contributed by atoms with Crippen LogP contribution in [0.4, 0.5) is 0 Å². The lowest BCUT2D eigenvalue weighted by Crippen LogP contribution is -2.19. The van der Waals surface area contributed by atoms with Crippen LogP contribution in [-0.4, -0.2) is 16.5 Å². The van der Waals surface area contributed by atoms with Gasteiger partial charge in [0.05, 0.1) is 5.69 Å². The Morgan fingerprint density at radius 2 is 2.28 bits per heavy atom. The number of aromatic nitrogens is 2. The van der Waals surface area contributed by atoms with Crippen molar-refractivity contribution in [1.82, 2.24) is 15.3 Å². The van der Waals surface area contributed by atoms with E-state index in [1.54, 1.807) is 11.3 Å². The van der Waals surface area contributed by atoms with Crippen LogP contribution < -0.4 is 5.32 Å². The molecule has 0 amide bonds. The van der Waals surface area contributed by atoms with Crippen molar-refractivity contribution in [2.75, 3.05) is 6.54 Å². The predicted octanol–water partition coefficient (Wildman–Crippen LogP) is 3.57. The second kappa shape index (κ2) is 6.07. The number of pyridine rings is 1. The zero-order chi connectivity index (χ0) is 13.0. The van der Waals surface area contributed by atoms with Crippen molar-refractivity contribution in [2.45, 2.75) is 33.2 Å². The number of rotatable bonds is 5. The Kier molecular flexibility index (Phi) is 4.44. The van der Waals surface area contributed by atoms with Crippen molar-refractivity contribution < 1.29 is 0 Å². The van der Waals surface area contributed by atoms with Crippen molar-refractivity contribution in [3.05, 3.63) is 35.1 Å². The lowest BCUT2D eigenvalue weighted by molar-refractivity contribution is 0.561. The molecule has 1 N–H and O–H groups in total. The molecule has 0 aliphatic carbocycles. The van der Waals surface area contributed by atoms with Gasteiger partial charge in [-0.1, -0.05) is 6.92 Å². The number of aryl methyl sites for hydroxylation is 1. The standard InChI is InChI=1S/C14H19N3S/c1-4-6-16-11(3)13-9-18-14(17-13)12-8-15-7-5-10(12)2/h5,7-9,11,16H,4,6H2,1-3H3. The summed E-state index contributed by atoms with van der Waals surface area (Å²) in [4.78, 5) is 8.89. The Morgan fingerprint density at radius 1 is 1.44 bits per heavy atom. The molecule has 0 saturated carbocycles. The van der Waals surface area contributed by atoms with E-state index in [9.17, 15) is 0 Å². The third kappa shape index (κ3) is 2.94. The fourth-order valence-electron chi connectivity index (χ4n) is 1.76.